The van der Waals surface area contributed by atoms with E-state index in [4.69, 9.17) is 10.2 Å². The molecule has 2 N–H and O–H groups in total. The van der Waals surface area contributed by atoms with E-state index in [2.05, 4.69) is 0 Å². The Kier molecular flexibility index (Phi) is 31.4. The number of carbonyl (C=O) groups excluding carboxylic acids is 3. The van der Waals surface area contributed by atoms with Gasteiger partial charge in [0.05, 0.1) is 30.5 Å². The molecule has 0 amide bonds. The lowest BCUT2D eigenvalue weighted by atomic mass is 10.9. The molecule has 0 heterocycles. The smallest absolute Gasteiger partial charge is 0.198 e. The summed E-state index contributed by atoms with van der Waals surface area (Å²) in [5.41, 5.74) is 0. The van der Waals surface area contributed by atoms with Crippen molar-refractivity contribution in [2.45, 2.75) is 0 Å². The number of aliphatic hydroxyl groups is 2. The minimum Gasteiger partial charge on any atom is -0.616 e. The molecule has 206 valence electrons. The van der Waals surface area contributed by atoms with Crippen LogP contribution in [-0.4, -0.2) is 122 Å². The summed E-state index contributed by atoms with van der Waals surface area (Å²) in [6.45, 7) is 0.0386. The van der Waals surface area contributed by atoms with Gasteiger partial charge >= 0.3 is 0 Å². The Morgan fingerprint density at radius 3 is 1.37 bits per heavy atom. The second-order valence-corrected chi connectivity index (χ2v) is 18.6. The van der Waals surface area contributed by atoms with Gasteiger partial charge in [-0.15, -0.1) is 58.8 Å². The first kappa shape index (κ1) is 37.4. The molecule has 0 rings (SSSR count). The van der Waals surface area contributed by atoms with Crippen molar-refractivity contribution >= 4 is 132 Å². The summed E-state index contributed by atoms with van der Waals surface area (Å²) in [6.07, 6.45) is 0. The van der Waals surface area contributed by atoms with E-state index < -0.39 is 11.2 Å². The number of hydrogen-bond donors (Lipinski definition) is 2. The van der Waals surface area contributed by atoms with Gasteiger partial charge in [0.1, 0.15) is 11.5 Å². The first-order chi connectivity index (χ1) is 17.0. The summed E-state index contributed by atoms with van der Waals surface area (Å²) in [6, 6.07) is 0. The molecule has 0 aliphatic rings. The van der Waals surface area contributed by atoms with Crippen molar-refractivity contribution in [3.63, 3.8) is 0 Å². The molecule has 0 aromatic heterocycles. The Bertz CT molecular complexity index is 546. The number of hydrogen-bond acceptors (Lipinski definition) is 15. The van der Waals surface area contributed by atoms with Crippen LogP contribution in [0.2, 0.25) is 0 Å². The van der Waals surface area contributed by atoms with Crippen LogP contribution in [0.4, 0.5) is 0 Å². The minimum atomic E-state index is -0.805. The van der Waals surface area contributed by atoms with Crippen LogP contribution < -0.4 is 0 Å². The normalized spacial score (nSPS) is 12.1. The third-order valence-corrected chi connectivity index (χ3v) is 15.4. The molecule has 0 bridgehead atoms. The summed E-state index contributed by atoms with van der Waals surface area (Å²) >= 11 is 12.8. The molecule has 1 atom stereocenters. The molecular formula is C19H34O6S10. The molecule has 0 aromatic rings. The summed E-state index contributed by atoms with van der Waals surface area (Å²) in [5, 5.41) is 20.2. The molecule has 0 aliphatic carbocycles. The fraction of sp³-hybridized carbons (Fsp3) is 0.842. The van der Waals surface area contributed by atoms with Crippen molar-refractivity contribution in [3.05, 3.63) is 0 Å². The Hall–Kier alpha value is 2.39. The van der Waals surface area contributed by atoms with Crippen LogP contribution >= 0.6 is 106 Å². The first-order valence-electron chi connectivity index (χ1n) is 10.5. The van der Waals surface area contributed by atoms with Gasteiger partial charge in [-0.2, -0.15) is 11.8 Å². The molecule has 0 saturated heterocycles. The van der Waals surface area contributed by atoms with E-state index >= 15 is 0 Å². The van der Waals surface area contributed by atoms with Gasteiger partial charge in [0.2, 0.25) is 0 Å². The molecule has 0 saturated carbocycles. The first-order valence-corrected chi connectivity index (χ1v) is 21.9. The predicted octanol–water partition coefficient (Wildman–Crippen LogP) is 3.77. The van der Waals surface area contributed by atoms with E-state index in [1.165, 1.54) is 47.0 Å². The van der Waals surface area contributed by atoms with E-state index in [1.54, 1.807) is 47.0 Å². The Labute approximate surface area is 251 Å². The van der Waals surface area contributed by atoms with Gasteiger partial charge < -0.3 is 14.8 Å². The molecule has 0 spiro atoms. The topological polar surface area (TPSA) is 115 Å². The van der Waals surface area contributed by atoms with E-state index in [0.29, 0.717) is 45.4 Å². The van der Waals surface area contributed by atoms with Crippen molar-refractivity contribution in [2.24, 2.45) is 0 Å². The van der Waals surface area contributed by atoms with Gasteiger partial charge in [0.15, 0.2) is 15.3 Å². The number of carbonyl (C=O) groups is 3. The Morgan fingerprint density at radius 2 is 0.914 bits per heavy atom. The maximum atomic E-state index is 12.0. The lowest BCUT2D eigenvalue weighted by molar-refractivity contribution is -0.109. The van der Waals surface area contributed by atoms with Crippen LogP contribution in [0.3, 0.4) is 0 Å². The fourth-order valence-corrected chi connectivity index (χ4v) is 12.2. The average Bonchev–Trinajstić information content (AvgIpc) is 2.84. The quantitative estimate of drug-likeness (QED) is 0.0829. The van der Waals surface area contributed by atoms with E-state index in [9.17, 15) is 18.9 Å². The van der Waals surface area contributed by atoms with Crippen molar-refractivity contribution in [1.82, 2.24) is 0 Å². The highest BCUT2D eigenvalue weighted by Gasteiger charge is 2.08. The van der Waals surface area contributed by atoms with Crippen molar-refractivity contribution in [1.29, 1.82) is 0 Å². The molecular weight excluding hydrogens is 645 g/mol. The molecule has 0 aliphatic heterocycles. The zero-order chi connectivity index (χ0) is 26.0. The van der Waals surface area contributed by atoms with Crippen LogP contribution in [0.15, 0.2) is 0 Å². The van der Waals surface area contributed by atoms with E-state index in [-0.39, 0.29) is 28.6 Å². The van der Waals surface area contributed by atoms with Crippen molar-refractivity contribution < 1.29 is 29.1 Å². The van der Waals surface area contributed by atoms with Gasteiger partial charge in [-0.3, -0.25) is 14.4 Å². The highest BCUT2D eigenvalue weighted by molar-refractivity contribution is 8.21. The lowest BCUT2D eigenvalue weighted by Crippen LogP contribution is -2.14. The van der Waals surface area contributed by atoms with Crippen LogP contribution in [0.5, 0.6) is 0 Å². The highest BCUT2D eigenvalue weighted by Crippen LogP contribution is 2.19. The van der Waals surface area contributed by atoms with Gasteiger partial charge in [-0.05, 0) is 0 Å². The van der Waals surface area contributed by atoms with E-state index in [0.717, 1.165) is 44.9 Å². The molecule has 0 radical (unpaired) electrons. The molecule has 16 heteroatoms. The molecule has 6 nitrogen and oxygen atoms in total. The zero-order valence-electron chi connectivity index (χ0n) is 19.4. The number of thioether (sulfide) groups is 9. The van der Waals surface area contributed by atoms with Crippen molar-refractivity contribution in [3.8, 4) is 0 Å². The maximum Gasteiger partial charge on any atom is 0.198 e. The maximum absolute atomic E-state index is 12.0. The fourth-order valence-electron chi connectivity index (χ4n) is 1.79. The Balaban J connectivity index is 3.36. The SMILES string of the molecule is O=C(CSCSCC[S+]([O-])CCSCSCCSC(=O)CSCSCC(=O)SCCO)SCCO. The average molecular weight is 679 g/mol. The van der Waals surface area contributed by atoms with Crippen LogP contribution in [0.25, 0.3) is 0 Å². The third kappa shape index (κ3) is 29.2. The zero-order valence-corrected chi connectivity index (χ0v) is 27.6. The standard InChI is InChI=1S/C19H34O6S10/c20-1-3-32-17(22)11-29-15-28-8-10-35(25)9-7-27-14-26-5-6-34-19(24)13-31-16-30-12-18(23)33-4-2-21/h20-21H,1-16H2. The summed E-state index contributed by atoms with van der Waals surface area (Å²) in [5.74, 6) is 7.01. The van der Waals surface area contributed by atoms with Crippen LogP contribution in [0.1, 0.15) is 0 Å². The molecule has 1 unspecified atom stereocenters. The molecule has 35 heavy (non-hydrogen) atoms. The van der Waals surface area contributed by atoms with Crippen LogP contribution in [-0.2, 0) is 25.6 Å². The van der Waals surface area contributed by atoms with Crippen LogP contribution in [0, 0.1) is 0 Å². The monoisotopic (exact) mass is 678 g/mol. The summed E-state index contributed by atoms with van der Waals surface area (Å²) in [7, 11) is 0. The highest BCUT2D eigenvalue weighted by atomic mass is 32.2. The number of rotatable bonds is 25. The minimum absolute atomic E-state index is 0.0127. The van der Waals surface area contributed by atoms with Gasteiger partial charge in [-0.1, -0.05) is 46.5 Å². The molecule has 0 aromatic carbocycles. The molecule has 0 fully saturated rings. The Morgan fingerprint density at radius 1 is 0.543 bits per heavy atom. The number of aliphatic hydroxyl groups excluding tert-OH is 2. The summed E-state index contributed by atoms with van der Waals surface area (Å²) in [4.78, 5) is 34.7. The van der Waals surface area contributed by atoms with Crippen molar-refractivity contribution in [2.75, 3.05) is 91.7 Å². The predicted molar refractivity (Wildman–Crippen MR) is 174 cm³/mol. The third-order valence-electron chi connectivity index (χ3n) is 3.27. The summed E-state index contributed by atoms with van der Waals surface area (Å²) < 4.78 is 12.0. The second-order valence-electron chi connectivity index (χ2n) is 6.08. The van der Waals surface area contributed by atoms with Gasteiger partial charge in [0.25, 0.3) is 0 Å². The van der Waals surface area contributed by atoms with Gasteiger partial charge in [0, 0.05) is 49.8 Å². The van der Waals surface area contributed by atoms with E-state index in [1.807, 2.05) is 0 Å². The lowest BCUT2D eigenvalue weighted by Gasteiger charge is -2.10. The second kappa shape index (κ2) is 29.4. The largest absolute Gasteiger partial charge is 0.616 e. The van der Waals surface area contributed by atoms with Gasteiger partial charge in [-0.25, -0.2) is 0 Å².